The van der Waals surface area contributed by atoms with Gasteiger partial charge in [0.25, 0.3) is 0 Å². The highest BCUT2D eigenvalue weighted by molar-refractivity contribution is 7.09. The first-order valence-electron chi connectivity index (χ1n) is 4.84. The summed E-state index contributed by atoms with van der Waals surface area (Å²) in [6.07, 6.45) is 5.16. The summed E-state index contributed by atoms with van der Waals surface area (Å²) in [6.45, 7) is 10.2. The third-order valence-electron chi connectivity index (χ3n) is 2.31. The number of hydrogen-bond acceptors (Lipinski definition) is 2. The summed E-state index contributed by atoms with van der Waals surface area (Å²) in [5.74, 6) is 0.564. The van der Waals surface area contributed by atoms with E-state index in [0.29, 0.717) is 5.92 Å². The van der Waals surface area contributed by atoms with Crippen LogP contribution in [-0.2, 0) is 0 Å². The van der Waals surface area contributed by atoms with Crippen LogP contribution in [-0.4, -0.2) is 4.98 Å². The van der Waals surface area contributed by atoms with Gasteiger partial charge in [0, 0.05) is 5.38 Å². The Balaban J connectivity index is 2.72. The molecule has 0 unspecified atom stereocenters. The standard InChI is InChI=1S/C12H17NS/c1-5-6-9(2)10(3)7-12-8-14-11(4)13-12/h5,7-9H,1,6H2,2-4H3/b10-7+/t9-/m1/s1. The summed E-state index contributed by atoms with van der Waals surface area (Å²) >= 11 is 1.70. The van der Waals surface area contributed by atoms with Crippen LogP contribution in [0.3, 0.4) is 0 Å². The maximum Gasteiger partial charge on any atom is 0.0901 e. The molecular formula is C12H17NS. The van der Waals surface area contributed by atoms with Crippen LogP contribution in [0.2, 0.25) is 0 Å². The average Bonchev–Trinajstić information content (AvgIpc) is 2.51. The van der Waals surface area contributed by atoms with Crippen LogP contribution in [0.4, 0.5) is 0 Å². The molecule has 0 amide bonds. The zero-order chi connectivity index (χ0) is 10.6. The molecule has 0 radical (unpaired) electrons. The van der Waals surface area contributed by atoms with Crippen LogP contribution < -0.4 is 0 Å². The number of thiazole rings is 1. The van der Waals surface area contributed by atoms with Crippen molar-refractivity contribution in [3.05, 3.63) is 34.3 Å². The second-order valence-corrected chi connectivity index (χ2v) is 4.67. The van der Waals surface area contributed by atoms with Gasteiger partial charge in [0.2, 0.25) is 0 Å². The van der Waals surface area contributed by atoms with Crippen molar-refractivity contribution >= 4 is 17.4 Å². The lowest BCUT2D eigenvalue weighted by molar-refractivity contribution is 0.701. The smallest absolute Gasteiger partial charge is 0.0901 e. The highest BCUT2D eigenvalue weighted by Crippen LogP contribution is 2.18. The molecule has 0 saturated carbocycles. The van der Waals surface area contributed by atoms with Crippen molar-refractivity contribution in [3.8, 4) is 0 Å². The van der Waals surface area contributed by atoms with Gasteiger partial charge in [0.1, 0.15) is 0 Å². The molecule has 0 fully saturated rings. The van der Waals surface area contributed by atoms with E-state index in [2.05, 4.69) is 36.9 Å². The largest absolute Gasteiger partial charge is 0.242 e. The molecule has 14 heavy (non-hydrogen) atoms. The van der Waals surface area contributed by atoms with Crippen LogP contribution in [0.5, 0.6) is 0 Å². The third-order valence-corrected chi connectivity index (χ3v) is 3.10. The molecule has 2 heteroatoms. The minimum Gasteiger partial charge on any atom is -0.242 e. The molecule has 0 aromatic carbocycles. The predicted molar refractivity (Wildman–Crippen MR) is 64.5 cm³/mol. The Morgan fingerprint density at radius 3 is 2.93 bits per heavy atom. The van der Waals surface area contributed by atoms with Gasteiger partial charge in [0.05, 0.1) is 10.7 Å². The van der Waals surface area contributed by atoms with Gasteiger partial charge >= 0.3 is 0 Å². The molecule has 0 aliphatic rings. The van der Waals surface area contributed by atoms with Crippen LogP contribution >= 0.6 is 11.3 Å². The van der Waals surface area contributed by atoms with Gasteiger partial charge in [-0.1, -0.05) is 18.6 Å². The molecule has 0 aliphatic heterocycles. The van der Waals surface area contributed by atoms with Gasteiger partial charge in [-0.25, -0.2) is 4.98 Å². The molecule has 1 atom stereocenters. The van der Waals surface area contributed by atoms with Crippen molar-refractivity contribution in [2.45, 2.75) is 27.2 Å². The monoisotopic (exact) mass is 207 g/mol. The van der Waals surface area contributed by atoms with E-state index in [4.69, 9.17) is 0 Å². The van der Waals surface area contributed by atoms with Gasteiger partial charge in [-0.3, -0.25) is 0 Å². The maximum atomic E-state index is 4.41. The van der Waals surface area contributed by atoms with Crippen LogP contribution in [0.25, 0.3) is 6.08 Å². The lowest BCUT2D eigenvalue weighted by Crippen LogP contribution is -1.93. The van der Waals surface area contributed by atoms with Gasteiger partial charge in [-0.15, -0.1) is 17.9 Å². The second kappa shape index (κ2) is 5.11. The topological polar surface area (TPSA) is 12.9 Å². The Labute approximate surface area is 90.2 Å². The van der Waals surface area contributed by atoms with Crippen molar-refractivity contribution in [1.29, 1.82) is 0 Å². The molecule has 1 rings (SSSR count). The van der Waals surface area contributed by atoms with Crippen molar-refractivity contribution < 1.29 is 0 Å². The molecule has 1 aromatic rings. The first-order chi connectivity index (χ1) is 6.63. The van der Waals surface area contributed by atoms with Crippen molar-refractivity contribution in [2.75, 3.05) is 0 Å². The first-order valence-corrected chi connectivity index (χ1v) is 5.72. The summed E-state index contributed by atoms with van der Waals surface area (Å²) in [5, 5.41) is 3.22. The van der Waals surface area contributed by atoms with E-state index < -0.39 is 0 Å². The SMILES string of the molecule is C=CC[C@@H](C)/C(C)=C/c1csc(C)n1. The number of hydrogen-bond donors (Lipinski definition) is 0. The molecule has 1 nitrogen and oxygen atoms in total. The molecule has 1 aromatic heterocycles. The van der Waals surface area contributed by atoms with E-state index in [0.717, 1.165) is 17.1 Å². The summed E-state index contributed by atoms with van der Waals surface area (Å²) in [7, 11) is 0. The molecule has 0 bridgehead atoms. The molecule has 1 heterocycles. The molecule has 0 N–H and O–H groups in total. The number of rotatable bonds is 4. The van der Waals surface area contributed by atoms with E-state index in [1.54, 1.807) is 11.3 Å². The Morgan fingerprint density at radius 2 is 2.43 bits per heavy atom. The van der Waals surface area contributed by atoms with Crippen LogP contribution in [0, 0.1) is 12.8 Å². The lowest BCUT2D eigenvalue weighted by atomic mass is 9.98. The molecule has 0 saturated heterocycles. The first kappa shape index (κ1) is 11.2. The van der Waals surface area contributed by atoms with Gasteiger partial charge in [0.15, 0.2) is 0 Å². The Morgan fingerprint density at radius 1 is 1.71 bits per heavy atom. The second-order valence-electron chi connectivity index (χ2n) is 3.61. The van der Waals surface area contributed by atoms with Gasteiger partial charge < -0.3 is 0 Å². The highest BCUT2D eigenvalue weighted by atomic mass is 32.1. The van der Waals surface area contributed by atoms with E-state index in [-0.39, 0.29) is 0 Å². The Kier molecular flexibility index (Phi) is 4.08. The summed E-state index contributed by atoms with van der Waals surface area (Å²) < 4.78 is 0. The van der Waals surface area contributed by atoms with Crippen molar-refractivity contribution in [2.24, 2.45) is 5.92 Å². The lowest BCUT2D eigenvalue weighted by Gasteiger charge is -2.08. The summed E-state index contributed by atoms with van der Waals surface area (Å²) in [5.41, 5.74) is 2.45. The van der Waals surface area contributed by atoms with Crippen molar-refractivity contribution in [1.82, 2.24) is 4.98 Å². The molecular weight excluding hydrogens is 190 g/mol. The number of aromatic nitrogens is 1. The number of nitrogens with zero attached hydrogens (tertiary/aromatic N) is 1. The maximum absolute atomic E-state index is 4.41. The van der Waals surface area contributed by atoms with Crippen LogP contribution in [0.1, 0.15) is 31.0 Å². The van der Waals surface area contributed by atoms with E-state index in [1.807, 2.05) is 13.0 Å². The summed E-state index contributed by atoms with van der Waals surface area (Å²) in [6, 6.07) is 0. The van der Waals surface area contributed by atoms with Gasteiger partial charge in [-0.2, -0.15) is 0 Å². The Bertz CT molecular complexity index is 336. The van der Waals surface area contributed by atoms with Crippen molar-refractivity contribution in [3.63, 3.8) is 0 Å². The minimum absolute atomic E-state index is 0.564. The zero-order valence-corrected chi connectivity index (χ0v) is 9.90. The Hall–Kier alpha value is -0.890. The fourth-order valence-electron chi connectivity index (χ4n) is 1.26. The van der Waals surface area contributed by atoms with E-state index in [9.17, 15) is 0 Å². The number of allylic oxidation sites excluding steroid dienone is 2. The summed E-state index contributed by atoms with van der Waals surface area (Å²) in [4.78, 5) is 4.41. The average molecular weight is 207 g/mol. The van der Waals surface area contributed by atoms with Crippen LogP contribution in [0.15, 0.2) is 23.6 Å². The predicted octanol–water partition coefficient (Wildman–Crippen LogP) is 4.07. The number of aryl methyl sites for hydroxylation is 1. The van der Waals surface area contributed by atoms with E-state index >= 15 is 0 Å². The third kappa shape index (κ3) is 3.11. The molecule has 0 aliphatic carbocycles. The highest BCUT2D eigenvalue weighted by Gasteiger charge is 2.02. The quantitative estimate of drug-likeness (QED) is 0.678. The molecule has 0 spiro atoms. The molecule has 76 valence electrons. The normalized spacial score (nSPS) is 14.1. The fraction of sp³-hybridized carbons (Fsp3) is 0.417. The van der Waals surface area contributed by atoms with Gasteiger partial charge in [-0.05, 0) is 32.3 Å². The van der Waals surface area contributed by atoms with E-state index in [1.165, 1.54) is 5.57 Å². The zero-order valence-electron chi connectivity index (χ0n) is 9.08. The minimum atomic E-state index is 0.564. The fourth-order valence-corrected chi connectivity index (χ4v) is 1.83.